The predicted octanol–water partition coefficient (Wildman–Crippen LogP) is 4.55. The Morgan fingerprint density at radius 2 is 2.09 bits per heavy atom. The molecule has 1 fully saturated rings. The van der Waals surface area contributed by atoms with Gasteiger partial charge >= 0.3 is 0 Å². The molecule has 0 saturated heterocycles. The molecule has 1 aromatic carbocycles. The highest BCUT2D eigenvalue weighted by Gasteiger charge is 2.40. The van der Waals surface area contributed by atoms with Crippen LogP contribution < -0.4 is 4.74 Å². The Kier molecular flexibility index (Phi) is 5.94. The van der Waals surface area contributed by atoms with Gasteiger partial charge in [-0.05, 0) is 38.0 Å². The minimum atomic E-state index is -0.712. The number of benzene rings is 1. The van der Waals surface area contributed by atoms with E-state index in [0.29, 0.717) is 10.8 Å². The third kappa shape index (κ3) is 3.99. The molecule has 0 heterocycles. The Bertz CT molecular complexity index is 624. The summed E-state index contributed by atoms with van der Waals surface area (Å²) >= 11 is 9.46. The summed E-state index contributed by atoms with van der Waals surface area (Å²) in [5, 5.41) is 10.0. The van der Waals surface area contributed by atoms with Crippen LogP contribution in [0.4, 0.5) is 0 Å². The molecule has 1 aliphatic carbocycles. The molecule has 1 unspecified atom stereocenters. The maximum Gasteiger partial charge on any atom is 0.264 e. The van der Waals surface area contributed by atoms with Gasteiger partial charge in [0.2, 0.25) is 0 Å². The van der Waals surface area contributed by atoms with E-state index >= 15 is 0 Å². The molecule has 1 atom stereocenters. The molecule has 23 heavy (non-hydrogen) atoms. The van der Waals surface area contributed by atoms with Gasteiger partial charge in [0.25, 0.3) is 5.91 Å². The van der Waals surface area contributed by atoms with Crippen LogP contribution in [0.25, 0.3) is 0 Å². The molecular formula is C17H20BrClN2O2. The zero-order valence-electron chi connectivity index (χ0n) is 13.3. The highest BCUT2D eigenvalue weighted by atomic mass is 79.9. The summed E-state index contributed by atoms with van der Waals surface area (Å²) in [6, 6.07) is 7.60. The van der Waals surface area contributed by atoms with Crippen LogP contribution in [0.3, 0.4) is 0 Å². The molecule has 4 nitrogen and oxygen atoms in total. The summed E-state index contributed by atoms with van der Waals surface area (Å²) < 4.78 is 6.55. The van der Waals surface area contributed by atoms with Crippen LogP contribution in [0, 0.1) is 11.3 Å². The van der Waals surface area contributed by atoms with Crippen molar-refractivity contribution in [2.45, 2.75) is 50.7 Å². The molecule has 0 radical (unpaired) electrons. The van der Waals surface area contributed by atoms with Crippen LogP contribution >= 0.6 is 27.5 Å². The minimum absolute atomic E-state index is 0.201. The first-order valence-electron chi connectivity index (χ1n) is 7.70. The van der Waals surface area contributed by atoms with E-state index < -0.39 is 11.6 Å². The van der Waals surface area contributed by atoms with Gasteiger partial charge in [-0.3, -0.25) is 4.79 Å². The van der Waals surface area contributed by atoms with Crippen LogP contribution in [0.2, 0.25) is 5.02 Å². The first-order chi connectivity index (χ1) is 10.9. The van der Waals surface area contributed by atoms with E-state index in [0.717, 1.165) is 36.6 Å². The smallest absolute Gasteiger partial charge is 0.264 e. The molecule has 1 aliphatic rings. The number of hydrogen-bond acceptors (Lipinski definition) is 3. The normalized spacial score (nSPS) is 17.9. The van der Waals surface area contributed by atoms with Crippen molar-refractivity contribution in [2.75, 3.05) is 7.05 Å². The van der Waals surface area contributed by atoms with Crippen LogP contribution in [0.1, 0.15) is 39.0 Å². The van der Waals surface area contributed by atoms with Gasteiger partial charge in [0.05, 0.1) is 11.1 Å². The Labute approximate surface area is 150 Å². The van der Waals surface area contributed by atoms with Crippen LogP contribution in [-0.2, 0) is 4.79 Å². The lowest BCUT2D eigenvalue weighted by Crippen LogP contribution is -2.53. The molecule has 0 aromatic heterocycles. The zero-order chi connectivity index (χ0) is 17.0. The molecule has 0 N–H and O–H groups in total. The highest BCUT2D eigenvalue weighted by Crippen LogP contribution is 2.33. The van der Waals surface area contributed by atoms with E-state index in [1.807, 2.05) is 0 Å². The van der Waals surface area contributed by atoms with Crippen molar-refractivity contribution in [3.05, 3.63) is 27.7 Å². The number of ether oxygens (including phenoxy) is 1. The molecular weight excluding hydrogens is 380 g/mol. The molecule has 2 rings (SSSR count). The maximum atomic E-state index is 12.7. The van der Waals surface area contributed by atoms with E-state index in [4.69, 9.17) is 16.3 Å². The average molecular weight is 400 g/mol. The van der Waals surface area contributed by atoms with Crippen molar-refractivity contribution in [1.29, 1.82) is 5.26 Å². The fourth-order valence-corrected chi connectivity index (χ4v) is 3.67. The van der Waals surface area contributed by atoms with Gasteiger partial charge in [-0.1, -0.05) is 46.8 Å². The fourth-order valence-electron chi connectivity index (χ4n) is 2.95. The number of hydrogen-bond donors (Lipinski definition) is 0. The predicted molar refractivity (Wildman–Crippen MR) is 93.4 cm³/mol. The minimum Gasteiger partial charge on any atom is -0.479 e. The van der Waals surface area contributed by atoms with Crippen molar-refractivity contribution in [1.82, 2.24) is 4.90 Å². The molecule has 0 bridgehead atoms. The van der Waals surface area contributed by atoms with Crippen molar-refractivity contribution in [2.24, 2.45) is 0 Å². The third-order valence-electron chi connectivity index (χ3n) is 4.41. The first-order valence-corrected chi connectivity index (χ1v) is 8.87. The molecule has 0 spiro atoms. The van der Waals surface area contributed by atoms with Gasteiger partial charge < -0.3 is 9.64 Å². The number of rotatable bonds is 4. The van der Waals surface area contributed by atoms with E-state index in [9.17, 15) is 10.1 Å². The lowest BCUT2D eigenvalue weighted by Gasteiger charge is -2.40. The Morgan fingerprint density at radius 1 is 1.43 bits per heavy atom. The number of nitriles is 1. The number of carbonyl (C=O) groups is 1. The highest BCUT2D eigenvalue weighted by molar-refractivity contribution is 9.10. The lowest BCUT2D eigenvalue weighted by molar-refractivity contribution is -0.141. The quantitative estimate of drug-likeness (QED) is 0.746. The molecule has 0 aliphatic heterocycles. The molecule has 124 valence electrons. The third-order valence-corrected chi connectivity index (χ3v) is 5.20. The summed E-state index contributed by atoms with van der Waals surface area (Å²) in [6.07, 6.45) is 3.80. The molecule has 1 saturated carbocycles. The van der Waals surface area contributed by atoms with Crippen LogP contribution in [-0.4, -0.2) is 29.5 Å². The van der Waals surface area contributed by atoms with Gasteiger partial charge in [0, 0.05) is 11.5 Å². The Hall–Kier alpha value is -1.25. The fraction of sp³-hybridized carbons (Fsp3) is 0.529. The van der Waals surface area contributed by atoms with E-state index in [2.05, 4.69) is 22.0 Å². The van der Waals surface area contributed by atoms with E-state index in [1.54, 1.807) is 37.1 Å². The summed E-state index contributed by atoms with van der Waals surface area (Å²) in [7, 11) is 1.69. The first kappa shape index (κ1) is 18.1. The van der Waals surface area contributed by atoms with Gasteiger partial charge in [-0.2, -0.15) is 5.26 Å². The summed E-state index contributed by atoms with van der Waals surface area (Å²) in [5.74, 6) is 0.256. The SMILES string of the molecule is CC(Oc1ccc(Br)cc1Cl)C(=O)N(C)C1(C#N)CCCCC1. The van der Waals surface area contributed by atoms with Crippen molar-refractivity contribution in [3.8, 4) is 11.8 Å². The van der Waals surface area contributed by atoms with Gasteiger partial charge in [0.1, 0.15) is 11.3 Å². The monoisotopic (exact) mass is 398 g/mol. The molecule has 6 heteroatoms. The zero-order valence-corrected chi connectivity index (χ0v) is 15.7. The van der Waals surface area contributed by atoms with Crippen LogP contribution in [0.15, 0.2) is 22.7 Å². The van der Waals surface area contributed by atoms with Gasteiger partial charge in [0.15, 0.2) is 6.10 Å². The lowest BCUT2D eigenvalue weighted by atomic mass is 9.81. The number of halogens is 2. The van der Waals surface area contributed by atoms with Crippen molar-refractivity contribution in [3.63, 3.8) is 0 Å². The number of amides is 1. The molecule has 1 aromatic rings. The van der Waals surface area contributed by atoms with E-state index in [1.165, 1.54) is 0 Å². The van der Waals surface area contributed by atoms with Gasteiger partial charge in [-0.15, -0.1) is 0 Å². The average Bonchev–Trinajstić information content (AvgIpc) is 2.56. The Morgan fingerprint density at radius 3 is 2.65 bits per heavy atom. The van der Waals surface area contributed by atoms with Crippen molar-refractivity contribution < 1.29 is 9.53 Å². The van der Waals surface area contributed by atoms with Crippen molar-refractivity contribution >= 4 is 33.4 Å². The summed E-state index contributed by atoms with van der Waals surface area (Å²) in [5.41, 5.74) is -0.712. The molecule has 1 amide bonds. The number of likely N-dealkylation sites (N-methyl/N-ethyl adjacent to an activating group) is 1. The number of carbonyl (C=O) groups excluding carboxylic acids is 1. The second-order valence-corrected chi connectivity index (χ2v) is 7.26. The summed E-state index contributed by atoms with van der Waals surface area (Å²) in [6.45, 7) is 1.69. The van der Waals surface area contributed by atoms with Crippen LogP contribution in [0.5, 0.6) is 5.75 Å². The number of nitrogens with zero attached hydrogens (tertiary/aromatic N) is 2. The van der Waals surface area contributed by atoms with Gasteiger partial charge in [-0.25, -0.2) is 0 Å². The van der Waals surface area contributed by atoms with E-state index in [-0.39, 0.29) is 5.91 Å². The standard InChI is InChI=1S/C17H20BrClN2O2/c1-12(23-15-7-6-13(18)10-14(15)19)16(22)21(2)17(11-20)8-4-3-5-9-17/h6-7,10,12H,3-5,8-9H2,1-2H3. The maximum absolute atomic E-state index is 12.7. The largest absolute Gasteiger partial charge is 0.479 e. The Balaban J connectivity index is 2.10. The second kappa shape index (κ2) is 7.55. The topological polar surface area (TPSA) is 53.3 Å². The second-order valence-electron chi connectivity index (χ2n) is 5.94. The summed E-state index contributed by atoms with van der Waals surface area (Å²) in [4.78, 5) is 14.2.